The summed E-state index contributed by atoms with van der Waals surface area (Å²) >= 11 is 0. The van der Waals surface area contributed by atoms with Crippen LogP contribution in [-0.4, -0.2) is 30.3 Å². The van der Waals surface area contributed by atoms with Crippen LogP contribution in [0.15, 0.2) is 42.6 Å². The smallest absolute Gasteiger partial charge is 0.406 e. The van der Waals surface area contributed by atoms with E-state index in [1.54, 1.807) is 19.1 Å². The molecule has 0 bridgehead atoms. The van der Waals surface area contributed by atoms with Gasteiger partial charge in [0.05, 0.1) is 11.6 Å². The van der Waals surface area contributed by atoms with E-state index < -0.39 is 6.36 Å². The van der Waals surface area contributed by atoms with Crippen molar-refractivity contribution in [2.75, 3.05) is 18.0 Å². The minimum absolute atomic E-state index is 0.0782. The molecule has 1 fully saturated rings. The summed E-state index contributed by atoms with van der Waals surface area (Å²) in [5.74, 6) is 0.261. The number of nitriles is 1. The number of benzene rings is 1. The zero-order valence-electron chi connectivity index (χ0n) is 16.3. The zero-order valence-corrected chi connectivity index (χ0v) is 16.3. The number of nitrogens with one attached hydrogen (secondary N) is 1. The fraction of sp³-hybridized carbons (Fsp3) is 0.381. The molecule has 158 valence electrons. The zero-order chi connectivity index (χ0) is 21.7. The lowest BCUT2D eigenvalue weighted by Gasteiger charge is -2.32. The molecule has 1 amide bonds. The van der Waals surface area contributed by atoms with Crippen molar-refractivity contribution in [2.45, 2.75) is 32.2 Å². The third-order valence-corrected chi connectivity index (χ3v) is 5.04. The number of pyridine rings is 1. The summed E-state index contributed by atoms with van der Waals surface area (Å²) in [5.41, 5.74) is 1.19. The quantitative estimate of drug-likeness (QED) is 0.796. The summed E-state index contributed by atoms with van der Waals surface area (Å²) < 4.78 is 40.6. The maximum atomic E-state index is 12.6. The van der Waals surface area contributed by atoms with Gasteiger partial charge in [-0.3, -0.25) is 4.79 Å². The fourth-order valence-corrected chi connectivity index (χ4v) is 3.38. The van der Waals surface area contributed by atoms with Crippen molar-refractivity contribution in [3.05, 3.63) is 53.7 Å². The van der Waals surface area contributed by atoms with Crippen LogP contribution in [0, 0.1) is 17.2 Å². The number of carbonyl (C=O) groups excluding carboxylic acids is 1. The number of hydrogen-bond donors (Lipinski definition) is 1. The van der Waals surface area contributed by atoms with Gasteiger partial charge in [-0.15, -0.1) is 13.2 Å². The molecule has 1 atom stereocenters. The molecule has 1 saturated heterocycles. The number of nitrogens with zero attached hydrogens (tertiary/aromatic N) is 3. The number of halogens is 3. The molecular formula is C21H21F3N4O2. The number of carbonyl (C=O) groups is 1. The van der Waals surface area contributed by atoms with Crippen molar-refractivity contribution in [3.63, 3.8) is 0 Å². The number of amides is 1. The van der Waals surface area contributed by atoms with Crippen LogP contribution in [0.4, 0.5) is 19.0 Å². The second-order valence-electron chi connectivity index (χ2n) is 7.13. The van der Waals surface area contributed by atoms with Crippen LogP contribution in [0.1, 0.15) is 36.9 Å². The Hall–Kier alpha value is -3.28. The molecule has 0 aliphatic carbocycles. The molecule has 9 heteroatoms. The van der Waals surface area contributed by atoms with Crippen molar-refractivity contribution in [1.82, 2.24) is 10.3 Å². The van der Waals surface area contributed by atoms with Crippen molar-refractivity contribution < 1.29 is 22.7 Å². The van der Waals surface area contributed by atoms with Crippen molar-refractivity contribution >= 4 is 11.7 Å². The second-order valence-corrected chi connectivity index (χ2v) is 7.13. The summed E-state index contributed by atoms with van der Waals surface area (Å²) in [6.45, 7) is 3.14. The highest BCUT2D eigenvalue weighted by molar-refractivity contribution is 5.79. The first-order chi connectivity index (χ1) is 14.2. The number of rotatable bonds is 5. The molecule has 1 N–H and O–H groups in total. The van der Waals surface area contributed by atoms with E-state index in [0.717, 1.165) is 5.82 Å². The molecule has 30 heavy (non-hydrogen) atoms. The van der Waals surface area contributed by atoms with Crippen LogP contribution in [-0.2, 0) is 4.79 Å². The molecule has 0 radical (unpaired) electrons. The third-order valence-electron chi connectivity index (χ3n) is 5.04. The average molecular weight is 418 g/mol. The van der Waals surface area contributed by atoms with E-state index in [-0.39, 0.29) is 23.6 Å². The minimum atomic E-state index is -4.73. The summed E-state index contributed by atoms with van der Waals surface area (Å²) in [4.78, 5) is 19.0. The van der Waals surface area contributed by atoms with Crippen molar-refractivity contribution in [2.24, 2.45) is 5.92 Å². The summed E-state index contributed by atoms with van der Waals surface area (Å²) in [7, 11) is 0. The lowest BCUT2D eigenvalue weighted by molar-refractivity contribution is -0.274. The van der Waals surface area contributed by atoms with E-state index in [9.17, 15) is 18.0 Å². The minimum Gasteiger partial charge on any atom is -0.406 e. The van der Waals surface area contributed by atoms with E-state index in [0.29, 0.717) is 37.1 Å². The van der Waals surface area contributed by atoms with E-state index in [1.165, 1.54) is 30.5 Å². The molecular weight excluding hydrogens is 397 g/mol. The van der Waals surface area contributed by atoms with E-state index in [1.807, 2.05) is 6.07 Å². The molecule has 1 aliphatic rings. The Morgan fingerprint density at radius 3 is 2.43 bits per heavy atom. The standard InChI is InChI=1S/C21H21F3N4O2/c1-14(16-3-5-18(6-4-16)30-21(22,23)24)27-20(29)17-8-10-28(11-9-17)19-7-2-15(12-25)13-26-19/h2-7,13-14,17H,8-11H2,1H3,(H,27,29). The molecule has 1 unspecified atom stereocenters. The van der Waals surface area contributed by atoms with Gasteiger partial charge in [0.25, 0.3) is 0 Å². The number of aromatic nitrogens is 1. The van der Waals surface area contributed by atoms with Crippen LogP contribution in [0.25, 0.3) is 0 Å². The monoisotopic (exact) mass is 418 g/mol. The van der Waals surface area contributed by atoms with Gasteiger partial charge >= 0.3 is 6.36 Å². The maximum Gasteiger partial charge on any atom is 0.573 e. The number of anilines is 1. The van der Waals surface area contributed by atoms with Gasteiger partial charge in [0.2, 0.25) is 5.91 Å². The predicted octanol–water partition coefficient (Wildman–Crippen LogP) is 3.95. The van der Waals surface area contributed by atoms with E-state index in [4.69, 9.17) is 5.26 Å². The molecule has 2 aromatic rings. The van der Waals surface area contributed by atoms with E-state index >= 15 is 0 Å². The van der Waals surface area contributed by atoms with Crippen LogP contribution in [0.2, 0.25) is 0 Å². The second kappa shape index (κ2) is 9.03. The maximum absolute atomic E-state index is 12.6. The lowest BCUT2D eigenvalue weighted by Crippen LogP contribution is -2.41. The third kappa shape index (κ3) is 5.63. The lowest BCUT2D eigenvalue weighted by atomic mass is 9.95. The molecule has 0 saturated carbocycles. The molecule has 6 nitrogen and oxygen atoms in total. The van der Waals surface area contributed by atoms with Crippen LogP contribution in [0.5, 0.6) is 5.75 Å². The van der Waals surface area contributed by atoms with Crippen LogP contribution >= 0.6 is 0 Å². The Kier molecular flexibility index (Phi) is 6.45. The Morgan fingerprint density at radius 1 is 1.23 bits per heavy atom. The highest BCUT2D eigenvalue weighted by Gasteiger charge is 2.31. The number of alkyl halides is 3. The van der Waals surface area contributed by atoms with Crippen molar-refractivity contribution in [1.29, 1.82) is 5.26 Å². The van der Waals surface area contributed by atoms with Gasteiger partial charge in [0.15, 0.2) is 0 Å². The Morgan fingerprint density at radius 2 is 1.90 bits per heavy atom. The predicted molar refractivity (Wildman–Crippen MR) is 104 cm³/mol. The SMILES string of the molecule is CC(NC(=O)C1CCN(c2ccc(C#N)cn2)CC1)c1ccc(OC(F)(F)F)cc1. The first kappa shape index (κ1) is 21.4. The molecule has 2 heterocycles. The largest absolute Gasteiger partial charge is 0.573 e. The highest BCUT2D eigenvalue weighted by Crippen LogP contribution is 2.26. The molecule has 1 aliphatic heterocycles. The van der Waals surface area contributed by atoms with Gasteiger partial charge in [-0.25, -0.2) is 4.98 Å². The van der Waals surface area contributed by atoms with Crippen molar-refractivity contribution in [3.8, 4) is 11.8 Å². The molecule has 0 spiro atoms. The molecule has 1 aromatic carbocycles. The molecule has 1 aromatic heterocycles. The van der Waals surface area contributed by atoms with Gasteiger partial charge in [0, 0.05) is 25.2 Å². The summed E-state index contributed by atoms with van der Waals surface area (Å²) in [6, 6.07) is 10.7. The first-order valence-corrected chi connectivity index (χ1v) is 9.52. The van der Waals surface area contributed by atoms with Crippen LogP contribution in [0.3, 0.4) is 0 Å². The Labute approximate surface area is 172 Å². The average Bonchev–Trinajstić information content (AvgIpc) is 2.73. The topological polar surface area (TPSA) is 78.3 Å². The Bertz CT molecular complexity index is 900. The Balaban J connectivity index is 1.51. The van der Waals surface area contributed by atoms with Gasteiger partial charge in [0.1, 0.15) is 17.6 Å². The van der Waals surface area contributed by atoms with Gasteiger partial charge in [-0.05, 0) is 49.6 Å². The first-order valence-electron chi connectivity index (χ1n) is 9.52. The van der Waals surface area contributed by atoms with Gasteiger partial charge < -0.3 is 15.0 Å². The van der Waals surface area contributed by atoms with Gasteiger partial charge in [-0.1, -0.05) is 12.1 Å². The molecule has 3 rings (SSSR count). The van der Waals surface area contributed by atoms with Crippen LogP contribution < -0.4 is 15.0 Å². The normalized spacial score (nSPS) is 15.9. The van der Waals surface area contributed by atoms with E-state index in [2.05, 4.69) is 19.9 Å². The summed E-state index contributed by atoms with van der Waals surface area (Å²) in [5, 5.41) is 11.8. The summed E-state index contributed by atoms with van der Waals surface area (Å²) in [6.07, 6.45) is -1.87. The fourth-order valence-electron chi connectivity index (χ4n) is 3.38. The number of ether oxygens (including phenoxy) is 1. The number of piperidine rings is 1. The van der Waals surface area contributed by atoms with Gasteiger partial charge in [-0.2, -0.15) is 5.26 Å². The number of hydrogen-bond acceptors (Lipinski definition) is 5. The highest BCUT2D eigenvalue weighted by atomic mass is 19.4.